The molecule has 3 aromatic rings. The molecule has 0 aliphatic heterocycles. The highest BCUT2D eigenvalue weighted by molar-refractivity contribution is 5.78. The number of carbonyl (C=O) groups is 1. The molecule has 0 aliphatic carbocycles. The summed E-state index contributed by atoms with van der Waals surface area (Å²) in [5.74, 6) is 0.736. The van der Waals surface area contributed by atoms with Crippen LogP contribution in [0.25, 0.3) is 10.9 Å². The van der Waals surface area contributed by atoms with E-state index in [0.29, 0.717) is 11.4 Å². The second-order valence-corrected chi connectivity index (χ2v) is 4.61. The molecule has 2 aromatic carbocycles. The van der Waals surface area contributed by atoms with Gasteiger partial charge in [-0.15, -0.1) is 0 Å². The summed E-state index contributed by atoms with van der Waals surface area (Å²) in [7, 11) is 0. The summed E-state index contributed by atoms with van der Waals surface area (Å²) < 4.78 is 10.4. The van der Waals surface area contributed by atoms with Crippen LogP contribution in [-0.4, -0.2) is 16.2 Å². The summed E-state index contributed by atoms with van der Waals surface area (Å²) in [6.45, 7) is 0.175. The molecule has 1 heterocycles. The highest BCUT2D eigenvalue weighted by atomic mass is 16.7. The van der Waals surface area contributed by atoms with E-state index in [4.69, 9.17) is 14.6 Å². The average Bonchev–Trinajstić information content (AvgIpc) is 2.53. The number of ether oxygens (including phenoxy) is 2. The first-order valence-corrected chi connectivity index (χ1v) is 6.69. The van der Waals surface area contributed by atoms with Crippen LogP contribution in [-0.2, 0) is 6.61 Å². The molecule has 0 bridgehead atoms. The molecule has 0 saturated carbocycles. The zero-order chi connectivity index (χ0) is 15.4. The van der Waals surface area contributed by atoms with Gasteiger partial charge < -0.3 is 14.6 Å². The number of para-hydroxylation sites is 2. The molecular formula is C17H13NO4. The van der Waals surface area contributed by atoms with E-state index in [1.54, 1.807) is 30.3 Å². The van der Waals surface area contributed by atoms with E-state index >= 15 is 0 Å². The van der Waals surface area contributed by atoms with Crippen molar-refractivity contribution in [2.75, 3.05) is 0 Å². The topological polar surface area (TPSA) is 68.7 Å². The highest BCUT2D eigenvalue weighted by Gasteiger charge is 2.08. The molecule has 3 rings (SSSR count). The Bertz CT molecular complexity index is 816. The first-order valence-electron chi connectivity index (χ1n) is 6.69. The third kappa shape index (κ3) is 3.15. The molecule has 1 N–H and O–H groups in total. The maximum Gasteiger partial charge on any atom is 0.511 e. The van der Waals surface area contributed by atoms with E-state index in [-0.39, 0.29) is 12.4 Å². The molecule has 0 unspecified atom stereocenters. The summed E-state index contributed by atoms with van der Waals surface area (Å²) in [5.41, 5.74) is 1.48. The fourth-order valence-corrected chi connectivity index (χ4v) is 2.10. The lowest BCUT2D eigenvalue weighted by Crippen LogP contribution is -2.07. The number of aromatic nitrogens is 1. The molecule has 0 saturated heterocycles. The average molecular weight is 295 g/mol. The Kier molecular flexibility index (Phi) is 3.87. The van der Waals surface area contributed by atoms with E-state index in [2.05, 4.69) is 4.98 Å². The Balaban J connectivity index is 1.77. The zero-order valence-electron chi connectivity index (χ0n) is 11.6. The van der Waals surface area contributed by atoms with Crippen LogP contribution in [0.15, 0.2) is 60.7 Å². The summed E-state index contributed by atoms with van der Waals surface area (Å²) in [6, 6.07) is 18.3. The van der Waals surface area contributed by atoms with Crippen LogP contribution in [0.1, 0.15) is 5.56 Å². The van der Waals surface area contributed by atoms with Gasteiger partial charge in [0.15, 0.2) is 0 Å². The maximum atomic E-state index is 10.7. The monoisotopic (exact) mass is 295 g/mol. The SMILES string of the molecule is O=C(O)Oc1ccccc1COc1ccc2ccccc2n1. The first kappa shape index (κ1) is 13.9. The van der Waals surface area contributed by atoms with Crippen molar-refractivity contribution in [1.29, 1.82) is 0 Å². The minimum Gasteiger partial charge on any atom is -0.473 e. The van der Waals surface area contributed by atoms with E-state index in [0.717, 1.165) is 10.9 Å². The number of nitrogens with zero attached hydrogens (tertiary/aromatic N) is 1. The number of carboxylic acid groups (broad SMARTS) is 1. The lowest BCUT2D eigenvalue weighted by molar-refractivity contribution is 0.143. The molecule has 1 aromatic heterocycles. The van der Waals surface area contributed by atoms with Gasteiger partial charge >= 0.3 is 6.16 Å². The van der Waals surface area contributed by atoms with Gasteiger partial charge in [0.25, 0.3) is 0 Å². The maximum absolute atomic E-state index is 10.7. The molecule has 0 atom stereocenters. The van der Waals surface area contributed by atoms with Crippen molar-refractivity contribution in [2.24, 2.45) is 0 Å². The molecule has 0 spiro atoms. The molecule has 110 valence electrons. The molecule has 5 heteroatoms. The van der Waals surface area contributed by atoms with Crippen LogP contribution in [0.5, 0.6) is 11.6 Å². The molecule has 22 heavy (non-hydrogen) atoms. The summed E-state index contributed by atoms with van der Waals surface area (Å²) in [6.07, 6.45) is -1.35. The Labute approximate surface area is 126 Å². The number of benzene rings is 2. The van der Waals surface area contributed by atoms with E-state index in [9.17, 15) is 4.79 Å². The molecule has 0 radical (unpaired) electrons. The summed E-state index contributed by atoms with van der Waals surface area (Å²) in [5, 5.41) is 9.75. The highest BCUT2D eigenvalue weighted by Crippen LogP contribution is 2.21. The molecule has 0 fully saturated rings. The van der Waals surface area contributed by atoms with Gasteiger partial charge in [0, 0.05) is 17.0 Å². The Morgan fingerprint density at radius 3 is 2.64 bits per heavy atom. The fraction of sp³-hybridized carbons (Fsp3) is 0.0588. The molecule has 0 aliphatic rings. The van der Waals surface area contributed by atoms with E-state index in [1.165, 1.54) is 0 Å². The lowest BCUT2D eigenvalue weighted by Gasteiger charge is -2.09. The number of fused-ring (bicyclic) bond motifs is 1. The van der Waals surface area contributed by atoms with Crippen molar-refractivity contribution in [1.82, 2.24) is 4.98 Å². The van der Waals surface area contributed by atoms with Gasteiger partial charge in [0.05, 0.1) is 5.52 Å². The van der Waals surface area contributed by atoms with E-state index < -0.39 is 6.16 Å². The van der Waals surface area contributed by atoms with Crippen molar-refractivity contribution in [3.63, 3.8) is 0 Å². The van der Waals surface area contributed by atoms with Crippen LogP contribution in [0, 0.1) is 0 Å². The van der Waals surface area contributed by atoms with Crippen LogP contribution in [0.2, 0.25) is 0 Å². The van der Waals surface area contributed by atoms with Gasteiger partial charge in [0.1, 0.15) is 12.4 Å². The number of pyridine rings is 1. The predicted octanol–water partition coefficient (Wildman–Crippen LogP) is 3.87. The standard InChI is InChI=1S/C17H13NO4/c19-17(20)22-15-8-4-2-6-13(15)11-21-16-10-9-12-5-1-3-7-14(12)18-16/h1-10H,11H2,(H,19,20). The smallest absolute Gasteiger partial charge is 0.473 e. The molecular weight excluding hydrogens is 282 g/mol. The van der Waals surface area contributed by atoms with Crippen molar-refractivity contribution >= 4 is 17.1 Å². The zero-order valence-corrected chi connectivity index (χ0v) is 11.6. The van der Waals surface area contributed by atoms with Gasteiger partial charge in [0.2, 0.25) is 5.88 Å². The van der Waals surface area contributed by atoms with Gasteiger partial charge in [-0.25, -0.2) is 9.78 Å². The fourth-order valence-electron chi connectivity index (χ4n) is 2.10. The van der Waals surface area contributed by atoms with Gasteiger partial charge in [-0.05, 0) is 18.2 Å². The Morgan fingerprint density at radius 2 is 1.77 bits per heavy atom. The third-order valence-electron chi connectivity index (χ3n) is 3.12. The second kappa shape index (κ2) is 6.13. The number of hydrogen-bond donors (Lipinski definition) is 1. The third-order valence-corrected chi connectivity index (χ3v) is 3.12. The number of hydrogen-bond acceptors (Lipinski definition) is 4. The van der Waals surface area contributed by atoms with Gasteiger partial charge in [-0.2, -0.15) is 0 Å². The molecule has 5 nitrogen and oxygen atoms in total. The predicted molar refractivity (Wildman–Crippen MR) is 81.2 cm³/mol. The van der Waals surface area contributed by atoms with Crippen molar-refractivity contribution < 1.29 is 19.4 Å². The normalized spacial score (nSPS) is 10.4. The largest absolute Gasteiger partial charge is 0.511 e. The summed E-state index contributed by atoms with van der Waals surface area (Å²) >= 11 is 0. The van der Waals surface area contributed by atoms with Crippen molar-refractivity contribution in [2.45, 2.75) is 6.61 Å². The van der Waals surface area contributed by atoms with Crippen LogP contribution in [0.4, 0.5) is 4.79 Å². The van der Waals surface area contributed by atoms with E-state index in [1.807, 2.05) is 30.3 Å². The van der Waals surface area contributed by atoms with Crippen molar-refractivity contribution in [3.8, 4) is 11.6 Å². The van der Waals surface area contributed by atoms with Crippen LogP contribution in [0.3, 0.4) is 0 Å². The lowest BCUT2D eigenvalue weighted by atomic mass is 10.2. The van der Waals surface area contributed by atoms with Crippen LogP contribution < -0.4 is 9.47 Å². The summed E-state index contributed by atoms with van der Waals surface area (Å²) in [4.78, 5) is 15.1. The molecule has 0 amide bonds. The minimum absolute atomic E-state index is 0.175. The van der Waals surface area contributed by atoms with Crippen LogP contribution >= 0.6 is 0 Å². The quantitative estimate of drug-likeness (QED) is 0.584. The number of rotatable bonds is 4. The van der Waals surface area contributed by atoms with Gasteiger partial charge in [-0.1, -0.05) is 36.4 Å². The first-order chi connectivity index (χ1) is 10.7. The Hall–Kier alpha value is -3.08. The van der Waals surface area contributed by atoms with Crippen molar-refractivity contribution in [3.05, 3.63) is 66.2 Å². The Morgan fingerprint density at radius 1 is 1.00 bits per heavy atom. The second-order valence-electron chi connectivity index (χ2n) is 4.61. The minimum atomic E-state index is -1.35. The van der Waals surface area contributed by atoms with Gasteiger partial charge in [-0.3, -0.25) is 0 Å².